The Hall–Kier alpha value is -1.79. The fourth-order valence-electron chi connectivity index (χ4n) is 8.99. The third kappa shape index (κ3) is 9.30. The second-order valence-electron chi connectivity index (χ2n) is 16.7. The van der Waals surface area contributed by atoms with Crippen molar-refractivity contribution in [1.82, 2.24) is 35.6 Å². The van der Waals surface area contributed by atoms with Crippen LogP contribution in [-0.4, -0.2) is 143 Å². The van der Waals surface area contributed by atoms with Gasteiger partial charge in [0.1, 0.15) is 0 Å². The van der Waals surface area contributed by atoms with Crippen LogP contribution in [0, 0.1) is 0 Å². The number of ether oxygens (including phenoxy) is 1. The third-order valence-electron chi connectivity index (χ3n) is 11.6. The van der Waals surface area contributed by atoms with E-state index < -0.39 is 0 Å². The van der Waals surface area contributed by atoms with Crippen molar-refractivity contribution in [2.75, 3.05) is 32.7 Å². The average Bonchev–Trinajstić information content (AvgIpc) is 3.79. The molecule has 8 saturated heterocycles. The van der Waals surface area contributed by atoms with Crippen LogP contribution in [0.25, 0.3) is 0 Å². The van der Waals surface area contributed by atoms with E-state index in [0.717, 1.165) is 45.6 Å². The SMILES string of the molecule is CC(C)N1C(=O)CC2CC1CN2.CC(C)N1CC2CCC(C1)O2.CC(C)N1CC2CCC(CC1=O)N2.CC(C)N1CC2CCC(N2)C1=O. The van der Waals surface area contributed by atoms with Crippen molar-refractivity contribution >= 4 is 17.7 Å². The van der Waals surface area contributed by atoms with Crippen LogP contribution in [0.2, 0.25) is 0 Å². The van der Waals surface area contributed by atoms with Gasteiger partial charge in [0.25, 0.3) is 0 Å². The number of nitrogens with one attached hydrogen (secondary N) is 3. The summed E-state index contributed by atoms with van der Waals surface area (Å²) < 4.78 is 5.74. The van der Waals surface area contributed by atoms with Gasteiger partial charge in [-0.3, -0.25) is 19.3 Å². The molecule has 8 fully saturated rings. The lowest BCUT2D eigenvalue weighted by molar-refractivity contribution is -0.137. The molecule has 8 unspecified atom stereocenters. The van der Waals surface area contributed by atoms with Crippen LogP contribution < -0.4 is 16.0 Å². The summed E-state index contributed by atoms with van der Waals surface area (Å²) >= 11 is 0. The van der Waals surface area contributed by atoms with Gasteiger partial charge in [0.15, 0.2) is 0 Å². The molecule has 0 radical (unpaired) electrons. The van der Waals surface area contributed by atoms with Crippen LogP contribution in [0.5, 0.6) is 0 Å². The van der Waals surface area contributed by atoms with Crippen molar-refractivity contribution in [3.63, 3.8) is 0 Å². The maximum atomic E-state index is 11.7. The number of likely N-dealkylation sites (tertiary alicyclic amines) is 4. The average molecular weight is 674 g/mol. The monoisotopic (exact) mass is 674 g/mol. The van der Waals surface area contributed by atoms with E-state index in [0.29, 0.717) is 97.1 Å². The van der Waals surface area contributed by atoms with Crippen molar-refractivity contribution in [3.05, 3.63) is 0 Å². The van der Waals surface area contributed by atoms with E-state index in [9.17, 15) is 14.4 Å². The summed E-state index contributed by atoms with van der Waals surface area (Å²) in [6.07, 6.45) is 10.9. The van der Waals surface area contributed by atoms with Crippen molar-refractivity contribution in [2.24, 2.45) is 0 Å². The van der Waals surface area contributed by atoms with Crippen molar-refractivity contribution in [1.29, 1.82) is 0 Å². The Morgan fingerprint density at radius 3 is 1.81 bits per heavy atom. The maximum absolute atomic E-state index is 11.7. The van der Waals surface area contributed by atoms with Gasteiger partial charge in [-0.05, 0) is 100 Å². The molecule has 8 aliphatic heterocycles. The first kappa shape index (κ1) is 37.5. The second-order valence-corrected chi connectivity index (χ2v) is 16.7. The summed E-state index contributed by atoms with van der Waals surface area (Å²) in [6, 6.07) is 4.43. The summed E-state index contributed by atoms with van der Waals surface area (Å²) in [6.45, 7) is 22.2. The number of piperidine rings is 1. The first-order valence-electron chi connectivity index (χ1n) is 19.3. The zero-order chi connectivity index (χ0) is 34.7. The fourth-order valence-corrected chi connectivity index (χ4v) is 8.99. The van der Waals surface area contributed by atoms with Gasteiger partial charge in [-0.25, -0.2) is 0 Å². The van der Waals surface area contributed by atoms with Crippen LogP contribution >= 0.6 is 0 Å². The van der Waals surface area contributed by atoms with Gasteiger partial charge in [-0.15, -0.1) is 0 Å². The number of rotatable bonds is 4. The molecule has 11 nitrogen and oxygen atoms in total. The highest BCUT2D eigenvalue weighted by molar-refractivity contribution is 5.83. The molecule has 8 heterocycles. The quantitative estimate of drug-likeness (QED) is 0.418. The Balaban J connectivity index is 0.000000125. The number of hydrogen-bond donors (Lipinski definition) is 3. The van der Waals surface area contributed by atoms with Gasteiger partial charge in [-0.2, -0.15) is 0 Å². The number of piperazine rings is 1. The predicted molar refractivity (Wildman–Crippen MR) is 190 cm³/mol. The largest absolute Gasteiger partial charge is 0.372 e. The van der Waals surface area contributed by atoms with E-state index in [4.69, 9.17) is 4.74 Å². The van der Waals surface area contributed by atoms with Crippen LogP contribution in [-0.2, 0) is 19.1 Å². The van der Waals surface area contributed by atoms with Crippen LogP contribution in [0.4, 0.5) is 0 Å². The Morgan fingerprint density at radius 1 is 0.604 bits per heavy atom. The molecule has 3 amide bonds. The van der Waals surface area contributed by atoms with Crippen molar-refractivity contribution < 1.29 is 19.1 Å². The molecule has 0 spiro atoms. The summed E-state index contributed by atoms with van der Waals surface area (Å²) in [5.41, 5.74) is 0. The number of fused-ring (bicyclic) bond motifs is 8. The molecule has 0 aromatic rings. The van der Waals surface area contributed by atoms with E-state index in [1.807, 2.05) is 14.7 Å². The molecule has 8 atom stereocenters. The highest BCUT2D eigenvalue weighted by Gasteiger charge is 2.40. The number of morpholine rings is 1. The Morgan fingerprint density at radius 2 is 1.19 bits per heavy atom. The minimum atomic E-state index is 0.131. The smallest absolute Gasteiger partial charge is 0.239 e. The third-order valence-corrected chi connectivity index (χ3v) is 11.6. The Kier molecular flexibility index (Phi) is 12.9. The highest BCUT2D eigenvalue weighted by atomic mass is 16.5. The fraction of sp³-hybridized carbons (Fsp3) is 0.919. The van der Waals surface area contributed by atoms with Crippen LogP contribution in [0.3, 0.4) is 0 Å². The van der Waals surface area contributed by atoms with Crippen molar-refractivity contribution in [3.8, 4) is 0 Å². The lowest BCUT2D eigenvalue weighted by Gasteiger charge is -2.35. The van der Waals surface area contributed by atoms with Gasteiger partial charge in [0, 0.05) is 99.9 Å². The number of amides is 3. The molecule has 274 valence electrons. The Labute approximate surface area is 290 Å². The van der Waals surface area contributed by atoms with Gasteiger partial charge in [0.05, 0.1) is 18.2 Å². The number of nitrogens with zero attached hydrogens (tertiary/aromatic N) is 4. The minimum Gasteiger partial charge on any atom is -0.372 e. The molecule has 0 saturated carbocycles. The molecular weight excluding hydrogens is 606 g/mol. The van der Waals surface area contributed by atoms with Crippen LogP contribution in [0.1, 0.15) is 113 Å². The molecule has 8 aliphatic rings. The normalized spacial score (nSPS) is 35.5. The van der Waals surface area contributed by atoms with Crippen molar-refractivity contribution in [2.45, 2.75) is 186 Å². The predicted octanol–water partition coefficient (Wildman–Crippen LogP) is 2.72. The summed E-state index contributed by atoms with van der Waals surface area (Å²) in [5, 5.41) is 10.2. The lowest BCUT2D eigenvalue weighted by Crippen LogP contribution is -2.57. The van der Waals surface area contributed by atoms with Gasteiger partial charge < -0.3 is 35.4 Å². The summed E-state index contributed by atoms with van der Waals surface area (Å²) in [4.78, 5) is 43.6. The maximum Gasteiger partial charge on any atom is 0.239 e. The molecule has 0 aromatic heterocycles. The number of carbonyl (C=O) groups is 3. The zero-order valence-corrected chi connectivity index (χ0v) is 31.2. The van der Waals surface area contributed by atoms with E-state index in [2.05, 4.69) is 76.2 Å². The molecule has 11 heteroatoms. The number of carbonyl (C=O) groups excluding carboxylic acids is 3. The van der Waals surface area contributed by atoms with Gasteiger partial charge in [0.2, 0.25) is 17.7 Å². The zero-order valence-electron chi connectivity index (χ0n) is 31.2. The van der Waals surface area contributed by atoms with Gasteiger partial charge in [-0.1, -0.05) is 0 Å². The highest BCUT2D eigenvalue weighted by Crippen LogP contribution is 2.28. The molecule has 0 aliphatic carbocycles. The minimum absolute atomic E-state index is 0.131. The van der Waals surface area contributed by atoms with E-state index >= 15 is 0 Å². The Bertz CT molecular complexity index is 1090. The number of hydrogen-bond acceptors (Lipinski definition) is 8. The standard InChI is InChI=1S/C10H18N2O.2C9H16N2O.C9H17NO/c1-7(2)12-6-9-4-3-8(11-9)5-10(12)13;1-6(2)11-8-3-7(10-5-8)4-9(11)12;1-6(2)11-5-7-3-4-8(10-7)9(11)12;1-7(2)10-5-8-3-4-9(6-10)11-8/h7-9,11H,3-6H2,1-2H3;2*6-8,10H,3-5H2,1-2H3;7-9H,3-6H2,1-2H3. The molecular formula is C37H67N7O4. The topological polar surface area (TPSA) is 109 Å². The summed E-state index contributed by atoms with van der Waals surface area (Å²) in [7, 11) is 0. The molecule has 0 aromatic carbocycles. The molecule has 8 rings (SSSR count). The van der Waals surface area contributed by atoms with E-state index in [-0.39, 0.29) is 6.04 Å². The first-order chi connectivity index (χ1) is 22.8. The molecule has 8 bridgehead atoms. The van der Waals surface area contributed by atoms with Crippen LogP contribution in [0.15, 0.2) is 0 Å². The lowest BCUT2D eigenvalue weighted by atomic mass is 10.0. The van der Waals surface area contributed by atoms with E-state index in [1.54, 1.807) is 0 Å². The van der Waals surface area contributed by atoms with E-state index in [1.165, 1.54) is 32.1 Å². The second kappa shape index (κ2) is 16.5. The first-order valence-corrected chi connectivity index (χ1v) is 19.3. The summed E-state index contributed by atoms with van der Waals surface area (Å²) in [5.74, 6) is 0.963. The molecule has 3 N–H and O–H groups in total. The van der Waals surface area contributed by atoms with Gasteiger partial charge >= 0.3 is 0 Å². The molecule has 48 heavy (non-hydrogen) atoms.